The van der Waals surface area contributed by atoms with E-state index in [0.717, 1.165) is 11.3 Å². The Labute approximate surface area is 154 Å². The maximum absolute atomic E-state index is 13.1. The van der Waals surface area contributed by atoms with Crippen molar-refractivity contribution in [2.45, 2.75) is 46.6 Å². The minimum Gasteiger partial charge on any atom is -0.466 e. The zero-order chi connectivity index (χ0) is 18.9. The fourth-order valence-electron chi connectivity index (χ4n) is 3.90. The number of amides is 1. The predicted molar refractivity (Wildman–Crippen MR) is 96.8 cm³/mol. The molecule has 1 atom stereocenters. The molecule has 1 unspecified atom stereocenters. The van der Waals surface area contributed by atoms with Crippen molar-refractivity contribution < 1.29 is 19.1 Å². The Morgan fingerprint density at radius 3 is 2.54 bits per heavy atom. The first-order chi connectivity index (χ1) is 12.3. The lowest BCUT2D eigenvalue weighted by Crippen LogP contribution is -2.31. The second-order valence-electron chi connectivity index (χ2n) is 7.77. The van der Waals surface area contributed by atoms with Crippen LogP contribution in [-0.4, -0.2) is 29.2 Å². The van der Waals surface area contributed by atoms with Gasteiger partial charge in [-0.25, -0.2) is 0 Å². The molecule has 138 valence electrons. The van der Waals surface area contributed by atoms with E-state index in [2.05, 4.69) is 0 Å². The largest absolute Gasteiger partial charge is 0.466 e. The number of ether oxygens (including phenoxy) is 1. The first-order valence-electron chi connectivity index (χ1n) is 9.09. The van der Waals surface area contributed by atoms with Crippen LogP contribution in [0.3, 0.4) is 0 Å². The van der Waals surface area contributed by atoms with E-state index >= 15 is 0 Å². The molecule has 26 heavy (non-hydrogen) atoms. The van der Waals surface area contributed by atoms with Gasteiger partial charge in [-0.2, -0.15) is 0 Å². The van der Waals surface area contributed by atoms with Gasteiger partial charge in [-0.1, -0.05) is 44.2 Å². The maximum Gasteiger partial charge on any atom is 0.306 e. The molecular formula is C21H25NO4. The van der Waals surface area contributed by atoms with Crippen LogP contribution in [0.1, 0.15) is 45.6 Å². The molecule has 0 aromatic heterocycles. The third-order valence-electron chi connectivity index (χ3n) is 4.99. The number of carbonyl (C=O) groups excluding carboxylic acids is 3. The molecule has 5 heteroatoms. The molecule has 1 aromatic carbocycles. The summed E-state index contributed by atoms with van der Waals surface area (Å²) in [7, 11) is 0. The fourth-order valence-corrected chi connectivity index (χ4v) is 3.90. The van der Waals surface area contributed by atoms with Gasteiger partial charge in [0.05, 0.1) is 25.5 Å². The van der Waals surface area contributed by atoms with Crippen LogP contribution in [0.4, 0.5) is 0 Å². The van der Waals surface area contributed by atoms with Crippen molar-refractivity contribution in [3.63, 3.8) is 0 Å². The van der Waals surface area contributed by atoms with Crippen molar-refractivity contribution in [2.75, 3.05) is 6.61 Å². The number of rotatable bonds is 5. The summed E-state index contributed by atoms with van der Waals surface area (Å²) in [5.41, 5.74) is 2.12. The Morgan fingerprint density at radius 1 is 1.19 bits per heavy atom. The predicted octanol–water partition coefficient (Wildman–Crippen LogP) is 3.24. The molecule has 1 aliphatic heterocycles. The van der Waals surface area contributed by atoms with Crippen molar-refractivity contribution in [1.29, 1.82) is 0 Å². The number of allylic oxidation sites excluding steroid dienone is 1. The summed E-state index contributed by atoms with van der Waals surface area (Å²) in [6.45, 7) is 6.49. The minimum atomic E-state index is -0.712. The third kappa shape index (κ3) is 3.57. The first-order valence-corrected chi connectivity index (χ1v) is 9.09. The summed E-state index contributed by atoms with van der Waals surface area (Å²) in [5, 5.41) is 0. The van der Waals surface area contributed by atoms with E-state index in [9.17, 15) is 14.4 Å². The summed E-state index contributed by atoms with van der Waals surface area (Å²) >= 11 is 0. The molecule has 0 fully saturated rings. The van der Waals surface area contributed by atoms with Gasteiger partial charge in [0.1, 0.15) is 0 Å². The molecule has 1 amide bonds. The van der Waals surface area contributed by atoms with Crippen LogP contribution in [0.25, 0.3) is 0 Å². The molecule has 3 rings (SSSR count). The SMILES string of the molecule is CCOC(=O)CC1C(=O)N(Cc2ccccc2)C2=C1C(=O)CC(C)(C)C2. The second kappa shape index (κ2) is 7.06. The van der Waals surface area contributed by atoms with Gasteiger partial charge in [-0.3, -0.25) is 14.4 Å². The number of carbonyl (C=O) groups is 3. The molecule has 0 saturated heterocycles. The van der Waals surface area contributed by atoms with Crippen LogP contribution in [0.15, 0.2) is 41.6 Å². The number of hydrogen-bond donors (Lipinski definition) is 0. The monoisotopic (exact) mass is 355 g/mol. The topological polar surface area (TPSA) is 63.7 Å². The van der Waals surface area contributed by atoms with Gasteiger partial charge in [0, 0.05) is 17.7 Å². The lowest BCUT2D eigenvalue weighted by molar-refractivity contribution is -0.146. The average molecular weight is 355 g/mol. The van der Waals surface area contributed by atoms with E-state index < -0.39 is 11.9 Å². The lowest BCUT2D eigenvalue weighted by atomic mass is 9.74. The number of nitrogens with zero attached hydrogens (tertiary/aromatic N) is 1. The van der Waals surface area contributed by atoms with E-state index in [4.69, 9.17) is 4.74 Å². The second-order valence-corrected chi connectivity index (χ2v) is 7.77. The number of esters is 1. The summed E-state index contributed by atoms with van der Waals surface area (Å²) in [6.07, 6.45) is 0.993. The van der Waals surface area contributed by atoms with Crippen molar-refractivity contribution >= 4 is 17.7 Å². The Hall–Kier alpha value is -2.43. The maximum atomic E-state index is 13.1. The highest BCUT2D eigenvalue weighted by Crippen LogP contribution is 2.46. The average Bonchev–Trinajstić information content (AvgIpc) is 2.80. The molecule has 5 nitrogen and oxygen atoms in total. The Bertz CT molecular complexity index is 763. The van der Waals surface area contributed by atoms with E-state index in [-0.39, 0.29) is 30.1 Å². The zero-order valence-corrected chi connectivity index (χ0v) is 15.6. The highest BCUT2D eigenvalue weighted by molar-refractivity contribution is 6.07. The van der Waals surface area contributed by atoms with Crippen LogP contribution in [0, 0.1) is 11.3 Å². The summed E-state index contributed by atoms with van der Waals surface area (Å²) in [4.78, 5) is 39.6. The molecule has 0 N–H and O–H groups in total. The minimum absolute atomic E-state index is 0.0190. The molecule has 0 bridgehead atoms. The summed E-state index contributed by atoms with van der Waals surface area (Å²) in [5.74, 6) is -1.33. The lowest BCUT2D eigenvalue weighted by Gasteiger charge is -2.32. The molecule has 0 saturated carbocycles. The number of Topliss-reactive ketones (excluding diaryl/α,β-unsaturated/α-hetero) is 1. The van der Waals surface area contributed by atoms with Crippen LogP contribution in [-0.2, 0) is 25.7 Å². The zero-order valence-electron chi connectivity index (χ0n) is 15.6. The normalized spacial score (nSPS) is 21.8. The molecule has 2 aliphatic rings. The molecule has 1 heterocycles. The molecule has 0 radical (unpaired) electrons. The highest BCUT2D eigenvalue weighted by atomic mass is 16.5. The number of benzene rings is 1. The molecule has 1 aliphatic carbocycles. The van der Waals surface area contributed by atoms with E-state index in [0.29, 0.717) is 25.0 Å². The summed E-state index contributed by atoms with van der Waals surface area (Å²) in [6, 6.07) is 9.70. The van der Waals surface area contributed by atoms with Crippen molar-refractivity contribution in [3.8, 4) is 0 Å². The van der Waals surface area contributed by atoms with Crippen LogP contribution in [0.2, 0.25) is 0 Å². The van der Waals surface area contributed by atoms with Gasteiger partial charge in [0.15, 0.2) is 5.78 Å². The number of hydrogen-bond acceptors (Lipinski definition) is 4. The molecule has 0 spiro atoms. The highest BCUT2D eigenvalue weighted by Gasteiger charge is 2.48. The van der Waals surface area contributed by atoms with Crippen LogP contribution < -0.4 is 0 Å². The Balaban J connectivity index is 1.95. The van der Waals surface area contributed by atoms with Crippen LogP contribution >= 0.6 is 0 Å². The molecule has 1 aromatic rings. The Kier molecular flexibility index (Phi) is 4.99. The summed E-state index contributed by atoms with van der Waals surface area (Å²) < 4.78 is 5.02. The Morgan fingerprint density at radius 2 is 1.88 bits per heavy atom. The van der Waals surface area contributed by atoms with Crippen LogP contribution in [0.5, 0.6) is 0 Å². The van der Waals surface area contributed by atoms with Gasteiger partial charge in [-0.15, -0.1) is 0 Å². The standard InChI is InChI=1S/C21H25NO4/c1-4-26-18(24)10-15-19-16(11-21(2,3)12-17(19)23)22(20(15)25)13-14-8-6-5-7-9-14/h5-9,15H,4,10-13H2,1-3H3. The first kappa shape index (κ1) is 18.4. The fraction of sp³-hybridized carbons (Fsp3) is 0.476. The van der Waals surface area contributed by atoms with Crippen molar-refractivity contribution in [1.82, 2.24) is 4.90 Å². The number of ketones is 1. The van der Waals surface area contributed by atoms with Gasteiger partial charge in [0.25, 0.3) is 0 Å². The van der Waals surface area contributed by atoms with E-state index in [1.165, 1.54) is 0 Å². The van der Waals surface area contributed by atoms with Gasteiger partial charge < -0.3 is 9.64 Å². The quantitative estimate of drug-likeness (QED) is 0.761. The molecular weight excluding hydrogens is 330 g/mol. The van der Waals surface area contributed by atoms with Gasteiger partial charge in [-0.05, 0) is 24.3 Å². The smallest absolute Gasteiger partial charge is 0.306 e. The van der Waals surface area contributed by atoms with Gasteiger partial charge in [0.2, 0.25) is 5.91 Å². The van der Waals surface area contributed by atoms with Crippen molar-refractivity contribution in [2.24, 2.45) is 11.3 Å². The van der Waals surface area contributed by atoms with E-state index in [1.54, 1.807) is 11.8 Å². The van der Waals surface area contributed by atoms with Gasteiger partial charge >= 0.3 is 5.97 Å². The van der Waals surface area contributed by atoms with Crippen molar-refractivity contribution in [3.05, 3.63) is 47.2 Å². The third-order valence-corrected chi connectivity index (χ3v) is 4.99. The van der Waals surface area contributed by atoms with E-state index in [1.807, 2.05) is 44.2 Å².